The minimum atomic E-state index is -0.227. The van der Waals surface area contributed by atoms with Gasteiger partial charge in [0.15, 0.2) is 0 Å². The van der Waals surface area contributed by atoms with E-state index in [0.29, 0.717) is 12.5 Å². The summed E-state index contributed by atoms with van der Waals surface area (Å²) in [5, 5.41) is 3.28. The summed E-state index contributed by atoms with van der Waals surface area (Å²) < 4.78 is 0. The van der Waals surface area contributed by atoms with E-state index in [9.17, 15) is 4.79 Å². The van der Waals surface area contributed by atoms with Crippen LogP contribution in [-0.2, 0) is 4.79 Å². The van der Waals surface area contributed by atoms with E-state index in [1.54, 1.807) is 0 Å². The zero-order valence-electron chi connectivity index (χ0n) is 10.0. The van der Waals surface area contributed by atoms with Crippen molar-refractivity contribution in [2.75, 3.05) is 32.7 Å². The van der Waals surface area contributed by atoms with Crippen LogP contribution in [0.1, 0.15) is 32.1 Å². The molecule has 2 rings (SSSR count). The monoisotopic (exact) mass is 225 g/mol. The van der Waals surface area contributed by atoms with Crippen molar-refractivity contribution in [1.82, 2.24) is 10.2 Å². The molecule has 1 heterocycles. The number of nitrogens with two attached hydrogens (primary N) is 1. The van der Waals surface area contributed by atoms with Crippen molar-refractivity contribution in [1.29, 1.82) is 0 Å². The minimum Gasteiger partial charge on any atom is -0.340 e. The van der Waals surface area contributed by atoms with Crippen LogP contribution in [0, 0.1) is 5.41 Å². The van der Waals surface area contributed by atoms with Gasteiger partial charge in [0.25, 0.3) is 0 Å². The number of hydrogen-bond donors (Lipinski definition) is 2. The van der Waals surface area contributed by atoms with Gasteiger partial charge in [-0.15, -0.1) is 0 Å². The lowest BCUT2D eigenvalue weighted by atomic mass is 9.73. The first-order valence-corrected chi connectivity index (χ1v) is 6.49. The maximum Gasteiger partial charge on any atom is 0.230 e. The fourth-order valence-corrected chi connectivity index (χ4v) is 2.94. The van der Waals surface area contributed by atoms with Gasteiger partial charge in [0.05, 0.1) is 5.41 Å². The van der Waals surface area contributed by atoms with Crippen LogP contribution in [0.2, 0.25) is 0 Å². The molecule has 0 atom stereocenters. The summed E-state index contributed by atoms with van der Waals surface area (Å²) in [7, 11) is 0. The van der Waals surface area contributed by atoms with E-state index in [4.69, 9.17) is 5.73 Å². The third kappa shape index (κ3) is 2.23. The normalized spacial score (nSPS) is 25.4. The molecule has 0 bridgehead atoms. The fourth-order valence-electron chi connectivity index (χ4n) is 2.94. The standard InChI is InChI=1S/C12H23N3O/c13-10-12(4-2-1-3-5-12)11(16)15-8-6-14-7-9-15/h14H,1-10,13H2. The smallest absolute Gasteiger partial charge is 0.230 e. The molecular weight excluding hydrogens is 202 g/mol. The molecule has 1 aliphatic heterocycles. The van der Waals surface area contributed by atoms with Crippen molar-refractivity contribution < 1.29 is 4.79 Å². The number of amides is 1. The highest BCUT2D eigenvalue weighted by Gasteiger charge is 2.40. The molecule has 2 fully saturated rings. The molecule has 0 aromatic rings. The van der Waals surface area contributed by atoms with Gasteiger partial charge in [-0.2, -0.15) is 0 Å². The number of nitrogens with one attached hydrogen (secondary N) is 1. The molecule has 92 valence electrons. The Morgan fingerprint density at radius 1 is 1.19 bits per heavy atom. The molecule has 4 nitrogen and oxygen atoms in total. The molecule has 1 saturated carbocycles. The summed E-state index contributed by atoms with van der Waals surface area (Å²) in [6, 6.07) is 0. The molecule has 2 aliphatic rings. The SMILES string of the molecule is NCC1(C(=O)N2CCNCC2)CCCCC1. The first-order valence-electron chi connectivity index (χ1n) is 6.49. The second-order valence-electron chi connectivity index (χ2n) is 5.09. The molecule has 1 aliphatic carbocycles. The van der Waals surface area contributed by atoms with Crippen LogP contribution in [0.25, 0.3) is 0 Å². The lowest BCUT2D eigenvalue weighted by Gasteiger charge is -2.40. The summed E-state index contributed by atoms with van der Waals surface area (Å²) in [5.74, 6) is 0.316. The number of piperazine rings is 1. The van der Waals surface area contributed by atoms with Gasteiger partial charge in [-0.1, -0.05) is 19.3 Å². The highest BCUT2D eigenvalue weighted by atomic mass is 16.2. The van der Waals surface area contributed by atoms with Crippen LogP contribution in [-0.4, -0.2) is 43.5 Å². The molecular formula is C12H23N3O. The summed E-state index contributed by atoms with van der Waals surface area (Å²) in [5.41, 5.74) is 5.66. The van der Waals surface area contributed by atoms with Crippen molar-refractivity contribution in [3.8, 4) is 0 Å². The zero-order valence-corrected chi connectivity index (χ0v) is 10.0. The van der Waals surface area contributed by atoms with Crippen molar-refractivity contribution >= 4 is 5.91 Å². The van der Waals surface area contributed by atoms with E-state index >= 15 is 0 Å². The van der Waals surface area contributed by atoms with Crippen molar-refractivity contribution in [3.05, 3.63) is 0 Å². The van der Waals surface area contributed by atoms with Gasteiger partial charge in [-0.05, 0) is 12.8 Å². The highest BCUT2D eigenvalue weighted by Crippen LogP contribution is 2.37. The van der Waals surface area contributed by atoms with Crippen LogP contribution in [0.5, 0.6) is 0 Å². The first-order chi connectivity index (χ1) is 7.78. The zero-order chi connectivity index (χ0) is 11.4. The Morgan fingerprint density at radius 2 is 1.81 bits per heavy atom. The predicted molar refractivity (Wildman–Crippen MR) is 64.0 cm³/mol. The first kappa shape index (κ1) is 11.9. The average Bonchev–Trinajstić information content (AvgIpc) is 2.39. The quantitative estimate of drug-likeness (QED) is 0.712. The topological polar surface area (TPSA) is 58.4 Å². The lowest BCUT2D eigenvalue weighted by Crippen LogP contribution is -2.54. The Hall–Kier alpha value is -0.610. The van der Waals surface area contributed by atoms with Gasteiger partial charge < -0.3 is 16.0 Å². The molecule has 3 N–H and O–H groups in total. The number of carbonyl (C=O) groups is 1. The van der Waals surface area contributed by atoms with Gasteiger partial charge in [0, 0.05) is 32.7 Å². The largest absolute Gasteiger partial charge is 0.340 e. The summed E-state index contributed by atoms with van der Waals surface area (Å²) in [6.45, 7) is 4.07. The van der Waals surface area contributed by atoms with Crippen molar-refractivity contribution in [2.24, 2.45) is 11.1 Å². The predicted octanol–water partition coefficient (Wildman–Crippen LogP) is 0.327. The molecule has 16 heavy (non-hydrogen) atoms. The summed E-state index contributed by atoms with van der Waals surface area (Å²) in [4.78, 5) is 14.5. The number of rotatable bonds is 2. The Morgan fingerprint density at radius 3 is 2.38 bits per heavy atom. The maximum atomic E-state index is 12.5. The molecule has 1 saturated heterocycles. The Balaban J connectivity index is 2.04. The Kier molecular flexibility index (Phi) is 3.82. The summed E-state index contributed by atoms with van der Waals surface area (Å²) in [6.07, 6.45) is 5.57. The van der Waals surface area contributed by atoms with Gasteiger partial charge in [-0.25, -0.2) is 0 Å². The van der Waals surface area contributed by atoms with Gasteiger partial charge in [0.1, 0.15) is 0 Å². The summed E-state index contributed by atoms with van der Waals surface area (Å²) >= 11 is 0. The van der Waals surface area contributed by atoms with Crippen LogP contribution >= 0.6 is 0 Å². The minimum absolute atomic E-state index is 0.227. The van der Waals surface area contributed by atoms with E-state index < -0.39 is 0 Å². The second kappa shape index (κ2) is 5.15. The van der Waals surface area contributed by atoms with E-state index in [1.165, 1.54) is 6.42 Å². The van der Waals surface area contributed by atoms with Crippen LogP contribution in [0.3, 0.4) is 0 Å². The van der Waals surface area contributed by atoms with Gasteiger partial charge in [0.2, 0.25) is 5.91 Å². The lowest BCUT2D eigenvalue weighted by molar-refractivity contribution is -0.144. The van der Waals surface area contributed by atoms with Gasteiger partial charge in [-0.3, -0.25) is 4.79 Å². The molecule has 0 spiro atoms. The van der Waals surface area contributed by atoms with Crippen LogP contribution < -0.4 is 11.1 Å². The number of carbonyl (C=O) groups excluding carboxylic acids is 1. The number of nitrogens with zero attached hydrogens (tertiary/aromatic N) is 1. The van der Waals surface area contributed by atoms with Gasteiger partial charge >= 0.3 is 0 Å². The Labute approximate surface area is 97.6 Å². The third-order valence-electron chi connectivity index (χ3n) is 4.06. The Bertz CT molecular complexity index is 243. The molecule has 1 amide bonds. The molecule has 0 aromatic heterocycles. The third-order valence-corrected chi connectivity index (χ3v) is 4.06. The molecule has 0 unspecified atom stereocenters. The molecule has 0 aromatic carbocycles. The molecule has 0 radical (unpaired) electrons. The van der Waals surface area contributed by atoms with Crippen LogP contribution in [0.15, 0.2) is 0 Å². The van der Waals surface area contributed by atoms with Crippen molar-refractivity contribution in [3.63, 3.8) is 0 Å². The van der Waals surface area contributed by atoms with E-state index in [2.05, 4.69) is 5.32 Å². The average molecular weight is 225 g/mol. The van der Waals surface area contributed by atoms with E-state index in [-0.39, 0.29) is 5.41 Å². The highest BCUT2D eigenvalue weighted by molar-refractivity contribution is 5.83. The van der Waals surface area contributed by atoms with Crippen LogP contribution in [0.4, 0.5) is 0 Å². The maximum absolute atomic E-state index is 12.5. The van der Waals surface area contributed by atoms with Crippen molar-refractivity contribution in [2.45, 2.75) is 32.1 Å². The van der Waals surface area contributed by atoms with E-state index in [0.717, 1.165) is 51.9 Å². The fraction of sp³-hybridized carbons (Fsp3) is 0.917. The number of hydrogen-bond acceptors (Lipinski definition) is 3. The van der Waals surface area contributed by atoms with E-state index in [1.807, 2.05) is 4.90 Å². The second-order valence-corrected chi connectivity index (χ2v) is 5.09. The molecule has 4 heteroatoms.